The summed E-state index contributed by atoms with van der Waals surface area (Å²) in [5.41, 5.74) is 1.20. The van der Waals surface area contributed by atoms with Crippen molar-refractivity contribution in [3.63, 3.8) is 0 Å². The van der Waals surface area contributed by atoms with E-state index in [0.29, 0.717) is 5.78 Å². The SMILES string of the molecule is O=C1CCCC[C@@H]1c1ccc2ccccc2c1. The summed E-state index contributed by atoms with van der Waals surface area (Å²) in [5.74, 6) is 0.569. The Labute approximate surface area is 101 Å². The Morgan fingerprint density at radius 3 is 2.59 bits per heavy atom. The molecule has 0 spiro atoms. The van der Waals surface area contributed by atoms with Gasteiger partial charge in [-0.15, -0.1) is 0 Å². The second-order valence-corrected chi connectivity index (χ2v) is 4.87. The summed E-state index contributed by atoms with van der Waals surface area (Å²) in [7, 11) is 0. The van der Waals surface area contributed by atoms with Crippen LogP contribution in [0, 0.1) is 0 Å². The zero-order valence-electron chi connectivity index (χ0n) is 9.86. The fraction of sp³-hybridized carbons (Fsp3) is 0.312. The molecule has 0 heterocycles. The number of benzene rings is 2. The van der Waals surface area contributed by atoms with Crippen molar-refractivity contribution in [1.29, 1.82) is 0 Å². The minimum absolute atomic E-state index is 0.147. The van der Waals surface area contributed by atoms with Gasteiger partial charge in [-0.2, -0.15) is 0 Å². The average Bonchev–Trinajstić information content (AvgIpc) is 2.39. The van der Waals surface area contributed by atoms with Gasteiger partial charge in [0.1, 0.15) is 5.78 Å². The third-order valence-electron chi connectivity index (χ3n) is 3.73. The Kier molecular flexibility index (Phi) is 2.68. The number of Topliss-reactive ketones (excluding diaryl/α,β-unsaturated/α-hetero) is 1. The van der Waals surface area contributed by atoms with Crippen LogP contribution in [-0.4, -0.2) is 5.78 Å². The lowest BCUT2D eigenvalue weighted by atomic mass is 9.82. The molecule has 2 aromatic rings. The molecule has 1 atom stereocenters. The van der Waals surface area contributed by atoms with E-state index in [2.05, 4.69) is 36.4 Å². The van der Waals surface area contributed by atoms with Crippen LogP contribution in [0.5, 0.6) is 0 Å². The van der Waals surface area contributed by atoms with E-state index in [0.717, 1.165) is 19.3 Å². The zero-order valence-corrected chi connectivity index (χ0v) is 9.86. The molecule has 1 aliphatic rings. The van der Waals surface area contributed by atoms with Crippen LogP contribution >= 0.6 is 0 Å². The van der Waals surface area contributed by atoms with Crippen molar-refractivity contribution in [1.82, 2.24) is 0 Å². The first-order valence-electron chi connectivity index (χ1n) is 6.36. The van der Waals surface area contributed by atoms with Crippen molar-refractivity contribution in [2.24, 2.45) is 0 Å². The molecule has 0 bridgehead atoms. The molecule has 3 rings (SSSR count). The lowest BCUT2D eigenvalue weighted by Gasteiger charge is -2.21. The van der Waals surface area contributed by atoms with Crippen molar-refractivity contribution in [2.75, 3.05) is 0 Å². The predicted octanol–water partition coefficient (Wildman–Crippen LogP) is 4.07. The summed E-state index contributed by atoms with van der Waals surface area (Å²) in [6.45, 7) is 0. The number of ketones is 1. The summed E-state index contributed by atoms with van der Waals surface area (Å²) >= 11 is 0. The Balaban J connectivity index is 2.02. The number of hydrogen-bond acceptors (Lipinski definition) is 1. The maximum atomic E-state index is 11.9. The molecule has 0 N–H and O–H groups in total. The van der Waals surface area contributed by atoms with Crippen LogP contribution in [-0.2, 0) is 4.79 Å². The number of rotatable bonds is 1. The van der Waals surface area contributed by atoms with E-state index < -0.39 is 0 Å². The highest BCUT2D eigenvalue weighted by Crippen LogP contribution is 2.31. The standard InChI is InChI=1S/C16H16O/c17-16-8-4-3-7-15(16)14-10-9-12-5-1-2-6-13(12)11-14/h1-2,5-6,9-11,15H,3-4,7-8H2/t15-/m1/s1. The number of hydrogen-bond donors (Lipinski definition) is 0. The van der Waals surface area contributed by atoms with Gasteiger partial charge in [0.05, 0.1) is 0 Å². The monoisotopic (exact) mass is 224 g/mol. The van der Waals surface area contributed by atoms with Crippen LogP contribution in [0.1, 0.15) is 37.2 Å². The highest BCUT2D eigenvalue weighted by atomic mass is 16.1. The molecule has 0 amide bonds. The normalized spacial score (nSPS) is 20.7. The van der Waals surface area contributed by atoms with Crippen molar-refractivity contribution < 1.29 is 4.79 Å². The van der Waals surface area contributed by atoms with E-state index in [1.165, 1.54) is 22.8 Å². The Bertz CT molecular complexity index is 556. The molecular weight excluding hydrogens is 208 g/mol. The van der Waals surface area contributed by atoms with Gasteiger partial charge in [0, 0.05) is 12.3 Å². The minimum atomic E-state index is 0.147. The van der Waals surface area contributed by atoms with Crippen molar-refractivity contribution in [2.45, 2.75) is 31.6 Å². The van der Waals surface area contributed by atoms with Gasteiger partial charge in [0.15, 0.2) is 0 Å². The van der Waals surface area contributed by atoms with E-state index in [4.69, 9.17) is 0 Å². The van der Waals surface area contributed by atoms with Crippen molar-refractivity contribution in [3.05, 3.63) is 48.0 Å². The van der Waals surface area contributed by atoms with Gasteiger partial charge in [-0.25, -0.2) is 0 Å². The first kappa shape index (κ1) is 10.5. The lowest BCUT2D eigenvalue weighted by molar-refractivity contribution is -0.121. The smallest absolute Gasteiger partial charge is 0.140 e. The lowest BCUT2D eigenvalue weighted by Crippen LogP contribution is -2.16. The van der Waals surface area contributed by atoms with Gasteiger partial charge in [-0.1, -0.05) is 48.9 Å². The van der Waals surface area contributed by atoms with Crippen LogP contribution in [0.15, 0.2) is 42.5 Å². The Hall–Kier alpha value is -1.63. The van der Waals surface area contributed by atoms with E-state index in [1.54, 1.807) is 0 Å². The summed E-state index contributed by atoms with van der Waals surface area (Å²) in [5, 5.41) is 2.49. The van der Waals surface area contributed by atoms with Crippen molar-refractivity contribution >= 4 is 16.6 Å². The summed E-state index contributed by atoms with van der Waals surface area (Å²) in [4.78, 5) is 11.9. The molecule has 0 radical (unpaired) electrons. The van der Waals surface area contributed by atoms with Crippen LogP contribution in [0.4, 0.5) is 0 Å². The molecule has 1 nitrogen and oxygen atoms in total. The van der Waals surface area contributed by atoms with Gasteiger partial charge in [0.2, 0.25) is 0 Å². The summed E-state index contributed by atoms with van der Waals surface area (Å²) in [6, 6.07) is 14.8. The highest BCUT2D eigenvalue weighted by molar-refractivity contribution is 5.89. The quantitative estimate of drug-likeness (QED) is 0.713. The first-order valence-corrected chi connectivity index (χ1v) is 6.36. The van der Waals surface area contributed by atoms with E-state index in [1.807, 2.05) is 6.07 Å². The molecule has 86 valence electrons. The third kappa shape index (κ3) is 1.97. The van der Waals surface area contributed by atoms with Gasteiger partial charge in [-0.05, 0) is 29.2 Å². The minimum Gasteiger partial charge on any atom is -0.299 e. The van der Waals surface area contributed by atoms with Crippen molar-refractivity contribution in [3.8, 4) is 0 Å². The molecule has 0 saturated heterocycles. The molecule has 17 heavy (non-hydrogen) atoms. The maximum Gasteiger partial charge on any atom is 0.140 e. The third-order valence-corrected chi connectivity index (χ3v) is 3.73. The van der Waals surface area contributed by atoms with Gasteiger partial charge < -0.3 is 0 Å². The van der Waals surface area contributed by atoms with Gasteiger partial charge in [0.25, 0.3) is 0 Å². The van der Waals surface area contributed by atoms with E-state index in [9.17, 15) is 4.79 Å². The fourth-order valence-corrected chi connectivity index (χ4v) is 2.76. The summed E-state index contributed by atoms with van der Waals surface area (Å²) in [6.07, 6.45) is 4.04. The van der Waals surface area contributed by atoms with Gasteiger partial charge >= 0.3 is 0 Å². The number of carbonyl (C=O) groups is 1. The molecule has 0 unspecified atom stereocenters. The molecular formula is C16H16O. The molecule has 1 fully saturated rings. The fourth-order valence-electron chi connectivity index (χ4n) is 2.76. The molecule has 1 heteroatoms. The second-order valence-electron chi connectivity index (χ2n) is 4.87. The Morgan fingerprint density at radius 2 is 1.76 bits per heavy atom. The second kappa shape index (κ2) is 4.33. The van der Waals surface area contributed by atoms with Gasteiger partial charge in [-0.3, -0.25) is 4.79 Å². The predicted molar refractivity (Wildman–Crippen MR) is 70.2 cm³/mol. The summed E-state index contributed by atoms with van der Waals surface area (Å²) < 4.78 is 0. The average molecular weight is 224 g/mol. The van der Waals surface area contributed by atoms with E-state index >= 15 is 0 Å². The molecule has 1 aliphatic carbocycles. The topological polar surface area (TPSA) is 17.1 Å². The number of fused-ring (bicyclic) bond motifs is 1. The molecule has 1 saturated carbocycles. The number of carbonyl (C=O) groups excluding carboxylic acids is 1. The van der Waals surface area contributed by atoms with Crippen LogP contribution < -0.4 is 0 Å². The van der Waals surface area contributed by atoms with E-state index in [-0.39, 0.29) is 5.92 Å². The van der Waals surface area contributed by atoms with Crippen LogP contribution in [0.25, 0.3) is 10.8 Å². The zero-order chi connectivity index (χ0) is 11.7. The van der Waals surface area contributed by atoms with Crippen LogP contribution in [0.3, 0.4) is 0 Å². The maximum absolute atomic E-state index is 11.9. The molecule has 0 aromatic heterocycles. The highest BCUT2D eigenvalue weighted by Gasteiger charge is 2.23. The molecule has 0 aliphatic heterocycles. The van der Waals surface area contributed by atoms with Crippen LogP contribution in [0.2, 0.25) is 0 Å². The largest absolute Gasteiger partial charge is 0.299 e. The first-order chi connectivity index (χ1) is 8.34. The molecule has 2 aromatic carbocycles. The Morgan fingerprint density at radius 1 is 0.941 bits per heavy atom.